The van der Waals surface area contributed by atoms with Crippen molar-refractivity contribution >= 4 is 22.6 Å². The number of halogens is 1. The molecule has 1 aromatic heterocycles. The van der Waals surface area contributed by atoms with Gasteiger partial charge in [0.2, 0.25) is 0 Å². The molecule has 4 heteroatoms. The average molecular weight is 252 g/mol. The summed E-state index contributed by atoms with van der Waals surface area (Å²) >= 11 is 5.99. The molecule has 17 heavy (non-hydrogen) atoms. The molecule has 1 atom stereocenters. The van der Waals surface area contributed by atoms with Gasteiger partial charge in [0.25, 0.3) is 0 Å². The number of fused-ring (bicyclic) bond motifs is 1. The van der Waals surface area contributed by atoms with Gasteiger partial charge >= 0.3 is 0 Å². The Morgan fingerprint density at radius 2 is 2.24 bits per heavy atom. The summed E-state index contributed by atoms with van der Waals surface area (Å²) in [7, 11) is 2.01. The maximum atomic E-state index is 6.06. The molecule has 0 bridgehead atoms. The highest BCUT2D eigenvalue weighted by Crippen LogP contribution is 2.20. The summed E-state index contributed by atoms with van der Waals surface area (Å²) in [5.74, 6) is 1.03. The number of rotatable bonds is 4. The summed E-state index contributed by atoms with van der Waals surface area (Å²) < 4.78 is 2.08. The summed E-state index contributed by atoms with van der Waals surface area (Å²) in [6.07, 6.45) is 2.96. The van der Waals surface area contributed by atoms with Crippen LogP contribution in [0.3, 0.4) is 0 Å². The normalized spacial score (nSPS) is 13.2. The predicted molar refractivity (Wildman–Crippen MR) is 72.3 cm³/mol. The molecule has 2 N–H and O–H groups in total. The van der Waals surface area contributed by atoms with Gasteiger partial charge in [0, 0.05) is 24.5 Å². The number of hydrogen-bond acceptors (Lipinski definition) is 2. The van der Waals surface area contributed by atoms with E-state index in [9.17, 15) is 0 Å². The van der Waals surface area contributed by atoms with Crippen LogP contribution in [-0.2, 0) is 13.5 Å². The van der Waals surface area contributed by atoms with Crippen molar-refractivity contribution in [3.63, 3.8) is 0 Å². The number of aryl methyl sites for hydroxylation is 1. The van der Waals surface area contributed by atoms with Crippen LogP contribution in [0.4, 0.5) is 0 Å². The quantitative estimate of drug-likeness (QED) is 0.908. The zero-order valence-corrected chi connectivity index (χ0v) is 11.0. The lowest BCUT2D eigenvalue weighted by Crippen LogP contribution is -2.24. The van der Waals surface area contributed by atoms with Crippen LogP contribution < -0.4 is 5.73 Å². The van der Waals surface area contributed by atoms with E-state index in [0.717, 1.165) is 41.1 Å². The van der Waals surface area contributed by atoms with Crippen LogP contribution in [0.15, 0.2) is 18.2 Å². The third-order valence-corrected chi connectivity index (χ3v) is 3.27. The first-order valence-electron chi connectivity index (χ1n) is 5.98. The Bertz CT molecular complexity index is 519. The molecule has 1 heterocycles. The van der Waals surface area contributed by atoms with Crippen molar-refractivity contribution in [3.05, 3.63) is 29.0 Å². The lowest BCUT2D eigenvalue weighted by atomic mass is 10.1. The highest BCUT2D eigenvalue weighted by molar-refractivity contribution is 6.31. The molecule has 0 fully saturated rings. The van der Waals surface area contributed by atoms with E-state index in [4.69, 9.17) is 17.3 Å². The fourth-order valence-electron chi connectivity index (χ4n) is 2.10. The third kappa shape index (κ3) is 2.61. The molecule has 92 valence electrons. The van der Waals surface area contributed by atoms with E-state index < -0.39 is 0 Å². The molecule has 0 aliphatic heterocycles. The van der Waals surface area contributed by atoms with Crippen LogP contribution in [0.2, 0.25) is 5.02 Å². The van der Waals surface area contributed by atoms with E-state index in [1.807, 2.05) is 25.2 Å². The smallest absolute Gasteiger partial charge is 0.111 e. The molecular formula is C13H18ClN3. The van der Waals surface area contributed by atoms with Gasteiger partial charge < -0.3 is 10.3 Å². The molecule has 1 aromatic carbocycles. The van der Waals surface area contributed by atoms with Gasteiger partial charge in [-0.1, -0.05) is 24.9 Å². The number of hydrogen-bond donors (Lipinski definition) is 1. The van der Waals surface area contributed by atoms with Crippen molar-refractivity contribution in [3.8, 4) is 0 Å². The number of imidazole rings is 1. The van der Waals surface area contributed by atoms with E-state index in [0.29, 0.717) is 0 Å². The van der Waals surface area contributed by atoms with Crippen molar-refractivity contribution in [2.45, 2.75) is 32.2 Å². The molecule has 0 aliphatic rings. The molecule has 0 radical (unpaired) electrons. The molecule has 1 unspecified atom stereocenters. The Balaban J connectivity index is 2.32. The van der Waals surface area contributed by atoms with E-state index in [1.54, 1.807) is 0 Å². The molecule has 0 spiro atoms. The second-order valence-corrected chi connectivity index (χ2v) is 4.91. The first-order chi connectivity index (χ1) is 8.11. The predicted octanol–water partition coefficient (Wildman–Crippen LogP) is 2.90. The lowest BCUT2D eigenvalue weighted by Gasteiger charge is -2.09. The van der Waals surface area contributed by atoms with Crippen LogP contribution >= 0.6 is 11.6 Å². The van der Waals surface area contributed by atoms with Crippen LogP contribution in [0.5, 0.6) is 0 Å². The standard InChI is InChI=1S/C13H18ClN3/c1-3-4-10(15)8-13-16-11-6-5-9(14)7-12(11)17(13)2/h5-7,10H,3-4,8,15H2,1-2H3. The zero-order valence-electron chi connectivity index (χ0n) is 10.3. The largest absolute Gasteiger partial charge is 0.331 e. The second-order valence-electron chi connectivity index (χ2n) is 4.47. The molecule has 0 saturated heterocycles. The Labute approximate surface area is 107 Å². The number of benzene rings is 1. The Morgan fingerprint density at radius 3 is 2.94 bits per heavy atom. The van der Waals surface area contributed by atoms with Crippen molar-refractivity contribution in [2.24, 2.45) is 12.8 Å². The summed E-state index contributed by atoms with van der Waals surface area (Å²) in [5.41, 5.74) is 8.11. The number of nitrogens with two attached hydrogens (primary N) is 1. The van der Waals surface area contributed by atoms with E-state index in [-0.39, 0.29) is 6.04 Å². The van der Waals surface area contributed by atoms with Gasteiger partial charge in [-0.3, -0.25) is 0 Å². The highest BCUT2D eigenvalue weighted by atomic mass is 35.5. The minimum atomic E-state index is 0.186. The van der Waals surface area contributed by atoms with Crippen LogP contribution in [0, 0.1) is 0 Å². The Hall–Kier alpha value is -1.06. The Morgan fingerprint density at radius 1 is 1.47 bits per heavy atom. The highest BCUT2D eigenvalue weighted by Gasteiger charge is 2.11. The summed E-state index contributed by atoms with van der Waals surface area (Å²) in [6.45, 7) is 2.15. The van der Waals surface area contributed by atoms with Gasteiger partial charge in [0.1, 0.15) is 5.82 Å². The fourth-order valence-corrected chi connectivity index (χ4v) is 2.27. The molecule has 0 saturated carbocycles. The SMILES string of the molecule is CCCC(N)Cc1nc2ccc(Cl)cc2n1C. The summed E-state index contributed by atoms with van der Waals surface area (Å²) in [4.78, 5) is 4.60. The lowest BCUT2D eigenvalue weighted by molar-refractivity contribution is 0.576. The zero-order chi connectivity index (χ0) is 12.4. The topological polar surface area (TPSA) is 43.8 Å². The molecular weight excluding hydrogens is 234 g/mol. The van der Waals surface area contributed by atoms with Crippen molar-refractivity contribution in [1.29, 1.82) is 0 Å². The van der Waals surface area contributed by atoms with Gasteiger partial charge in [-0.05, 0) is 24.6 Å². The minimum absolute atomic E-state index is 0.186. The summed E-state index contributed by atoms with van der Waals surface area (Å²) in [5, 5.41) is 0.741. The van der Waals surface area contributed by atoms with Gasteiger partial charge in [-0.15, -0.1) is 0 Å². The molecule has 2 rings (SSSR count). The van der Waals surface area contributed by atoms with Gasteiger partial charge in [0.15, 0.2) is 0 Å². The van der Waals surface area contributed by atoms with Crippen LogP contribution in [-0.4, -0.2) is 15.6 Å². The molecule has 0 amide bonds. The van der Waals surface area contributed by atoms with E-state index in [2.05, 4.69) is 16.5 Å². The molecule has 0 aliphatic carbocycles. The minimum Gasteiger partial charge on any atom is -0.331 e. The number of aromatic nitrogens is 2. The second kappa shape index (κ2) is 5.07. The van der Waals surface area contributed by atoms with E-state index >= 15 is 0 Å². The van der Waals surface area contributed by atoms with Crippen molar-refractivity contribution < 1.29 is 0 Å². The maximum absolute atomic E-state index is 6.06. The number of nitrogens with zero attached hydrogens (tertiary/aromatic N) is 2. The average Bonchev–Trinajstić information content (AvgIpc) is 2.57. The fraction of sp³-hybridized carbons (Fsp3) is 0.462. The molecule has 2 aromatic rings. The van der Waals surface area contributed by atoms with Crippen molar-refractivity contribution in [2.75, 3.05) is 0 Å². The first-order valence-corrected chi connectivity index (χ1v) is 6.36. The molecule has 3 nitrogen and oxygen atoms in total. The summed E-state index contributed by atoms with van der Waals surface area (Å²) in [6, 6.07) is 5.95. The van der Waals surface area contributed by atoms with Gasteiger partial charge in [0.05, 0.1) is 11.0 Å². The van der Waals surface area contributed by atoms with Gasteiger partial charge in [-0.25, -0.2) is 4.98 Å². The monoisotopic (exact) mass is 251 g/mol. The van der Waals surface area contributed by atoms with E-state index in [1.165, 1.54) is 0 Å². The third-order valence-electron chi connectivity index (χ3n) is 3.04. The maximum Gasteiger partial charge on any atom is 0.111 e. The van der Waals surface area contributed by atoms with Crippen LogP contribution in [0.25, 0.3) is 11.0 Å². The van der Waals surface area contributed by atoms with Crippen molar-refractivity contribution in [1.82, 2.24) is 9.55 Å². The van der Waals surface area contributed by atoms with Crippen LogP contribution in [0.1, 0.15) is 25.6 Å². The van der Waals surface area contributed by atoms with Gasteiger partial charge in [-0.2, -0.15) is 0 Å². The Kier molecular flexibility index (Phi) is 3.69. The first kappa shape index (κ1) is 12.4.